The summed E-state index contributed by atoms with van der Waals surface area (Å²) in [7, 11) is 0. The van der Waals surface area contributed by atoms with E-state index in [0.29, 0.717) is 5.92 Å². The van der Waals surface area contributed by atoms with E-state index in [1.54, 1.807) is 11.6 Å². The summed E-state index contributed by atoms with van der Waals surface area (Å²) in [6.07, 6.45) is 20.9. The van der Waals surface area contributed by atoms with Gasteiger partial charge in [-0.1, -0.05) is 82.0 Å². The molecular formula is C35H47F. The Bertz CT molecular complexity index is 999. The minimum atomic E-state index is -0.0336. The Morgan fingerprint density at radius 3 is 1.97 bits per heavy atom. The maximum Gasteiger partial charge on any atom is 0.126 e. The van der Waals surface area contributed by atoms with E-state index >= 15 is 0 Å². The smallest absolute Gasteiger partial charge is 0.126 e. The predicted octanol–water partition coefficient (Wildman–Crippen LogP) is 10.6. The van der Waals surface area contributed by atoms with Gasteiger partial charge in [-0.2, -0.15) is 0 Å². The van der Waals surface area contributed by atoms with Gasteiger partial charge in [0, 0.05) is 0 Å². The normalized spacial score (nSPS) is 29.1. The maximum atomic E-state index is 14.3. The summed E-state index contributed by atoms with van der Waals surface area (Å²) in [5.74, 6) is 4.22. The zero-order chi connectivity index (χ0) is 24.9. The van der Waals surface area contributed by atoms with Gasteiger partial charge in [-0.05, 0) is 128 Å². The average molecular weight is 487 g/mol. The van der Waals surface area contributed by atoms with Gasteiger partial charge >= 0.3 is 0 Å². The van der Waals surface area contributed by atoms with Crippen molar-refractivity contribution in [2.45, 2.75) is 116 Å². The number of hydrogen-bond donors (Lipinski definition) is 0. The Labute approximate surface area is 219 Å². The highest BCUT2D eigenvalue weighted by Gasteiger charge is 2.31. The standard InChI is InChI=1S/C35H47F/c1-3-5-25-6-8-27(9-7-25)28-11-13-29(14-12-28)30-15-17-31(18-16-30)32-19-21-33(22-20-32)34-23-10-26(4-2)35(36)24-34/h10,15-19,23-25,27-29,33H,3-9,11-14,20-22H2,1-2H3. The first-order valence-corrected chi connectivity index (χ1v) is 15.2. The molecule has 2 fully saturated rings. The summed E-state index contributed by atoms with van der Waals surface area (Å²) in [4.78, 5) is 0. The highest BCUT2D eigenvalue weighted by Crippen LogP contribution is 2.45. The summed E-state index contributed by atoms with van der Waals surface area (Å²) in [6, 6.07) is 15.5. The second-order valence-electron chi connectivity index (χ2n) is 12.2. The fourth-order valence-corrected chi connectivity index (χ4v) is 7.75. The van der Waals surface area contributed by atoms with Crippen molar-refractivity contribution in [2.75, 3.05) is 0 Å². The van der Waals surface area contributed by atoms with E-state index in [-0.39, 0.29) is 5.82 Å². The molecule has 3 aliphatic rings. The fourth-order valence-electron chi connectivity index (χ4n) is 7.75. The van der Waals surface area contributed by atoms with Crippen LogP contribution in [0.25, 0.3) is 5.57 Å². The van der Waals surface area contributed by atoms with Crippen molar-refractivity contribution < 1.29 is 4.39 Å². The van der Waals surface area contributed by atoms with Gasteiger partial charge in [0.25, 0.3) is 0 Å². The van der Waals surface area contributed by atoms with Crippen molar-refractivity contribution in [3.8, 4) is 0 Å². The first kappa shape index (κ1) is 25.7. The average Bonchev–Trinajstić information content (AvgIpc) is 2.94. The molecule has 2 saturated carbocycles. The van der Waals surface area contributed by atoms with Crippen molar-refractivity contribution in [3.63, 3.8) is 0 Å². The van der Waals surface area contributed by atoms with Crippen molar-refractivity contribution in [3.05, 3.63) is 76.6 Å². The summed E-state index contributed by atoms with van der Waals surface area (Å²) in [6.45, 7) is 4.36. The number of rotatable bonds is 7. The summed E-state index contributed by atoms with van der Waals surface area (Å²) >= 11 is 0. The lowest BCUT2D eigenvalue weighted by atomic mass is 9.68. The van der Waals surface area contributed by atoms with Crippen LogP contribution in [0.15, 0.2) is 48.5 Å². The topological polar surface area (TPSA) is 0 Å². The number of hydrogen-bond acceptors (Lipinski definition) is 0. The van der Waals surface area contributed by atoms with Crippen LogP contribution in [-0.4, -0.2) is 0 Å². The quantitative estimate of drug-likeness (QED) is 0.365. The molecule has 0 heterocycles. The van der Waals surface area contributed by atoms with E-state index in [9.17, 15) is 4.39 Å². The van der Waals surface area contributed by atoms with E-state index in [2.05, 4.69) is 43.3 Å². The van der Waals surface area contributed by atoms with Gasteiger partial charge < -0.3 is 0 Å². The molecule has 1 atom stereocenters. The molecule has 0 aliphatic heterocycles. The predicted molar refractivity (Wildman–Crippen MR) is 152 cm³/mol. The number of allylic oxidation sites excluding steroid dienone is 2. The van der Waals surface area contributed by atoms with Crippen molar-refractivity contribution in [2.24, 2.45) is 17.8 Å². The lowest BCUT2D eigenvalue weighted by molar-refractivity contribution is 0.156. The van der Waals surface area contributed by atoms with E-state index in [4.69, 9.17) is 0 Å². The van der Waals surface area contributed by atoms with Crippen LogP contribution in [0, 0.1) is 23.6 Å². The van der Waals surface area contributed by atoms with Gasteiger partial charge in [-0.3, -0.25) is 0 Å². The first-order valence-electron chi connectivity index (χ1n) is 15.2. The largest absolute Gasteiger partial charge is 0.207 e. The Hall–Kier alpha value is -1.89. The van der Waals surface area contributed by atoms with Gasteiger partial charge in [0.2, 0.25) is 0 Å². The minimum Gasteiger partial charge on any atom is -0.207 e. The van der Waals surface area contributed by atoms with Gasteiger partial charge in [-0.25, -0.2) is 4.39 Å². The number of benzene rings is 2. The molecule has 194 valence electrons. The third-order valence-corrected chi connectivity index (χ3v) is 10.1. The number of halogens is 1. The van der Waals surface area contributed by atoms with Crippen molar-refractivity contribution in [1.29, 1.82) is 0 Å². The Morgan fingerprint density at radius 1 is 0.722 bits per heavy atom. The van der Waals surface area contributed by atoms with Crippen LogP contribution in [0.5, 0.6) is 0 Å². The van der Waals surface area contributed by atoms with Crippen molar-refractivity contribution >= 4 is 5.57 Å². The zero-order valence-corrected chi connectivity index (χ0v) is 22.8. The molecule has 2 aromatic rings. The Kier molecular flexibility index (Phi) is 8.66. The molecule has 0 spiro atoms. The van der Waals surface area contributed by atoms with Crippen LogP contribution in [-0.2, 0) is 6.42 Å². The zero-order valence-electron chi connectivity index (χ0n) is 22.8. The van der Waals surface area contributed by atoms with Gasteiger partial charge in [0.1, 0.15) is 5.82 Å². The summed E-state index contributed by atoms with van der Waals surface area (Å²) < 4.78 is 14.3. The molecule has 0 bridgehead atoms. The van der Waals surface area contributed by atoms with Crippen LogP contribution >= 0.6 is 0 Å². The molecule has 1 unspecified atom stereocenters. The molecule has 0 N–H and O–H groups in total. The monoisotopic (exact) mass is 486 g/mol. The first-order chi connectivity index (χ1) is 17.6. The van der Waals surface area contributed by atoms with E-state index < -0.39 is 0 Å². The third kappa shape index (κ3) is 5.98. The molecule has 0 nitrogen and oxygen atoms in total. The second-order valence-corrected chi connectivity index (χ2v) is 12.2. The Balaban J connectivity index is 1.12. The molecule has 5 rings (SSSR count). The minimum absolute atomic E-state index is 0.0336. The molecule has 1 heteroatoms. The molecule has 0 radical (unpaired) electrons. The molecule has 0 aromatic heterocycles. The molecule has 0 saturated heterocycles. The summed E-state index contributed by atoms with van der Waals surface area (Å²) in [5, 5.41) is 0. The van der Waals surface area contributed by atoms with E-state index in [1.807, 2.05) is 13.0 Å². The van der Waals surface area contributed by atoms with Crippen LogP contribution < -0.4 is 0 Å². The molecule has 0 amide bonds. The molecule has 2 aromatic carbocycles. The lowest BCUT2D eigenvalue weighted by Gasteiger charge is -2.38. The second kappa shape index (κ2) is 12.1. The van der Waals surface area contributed by atoms with Gasteiger partial charge in [-0.15, -0.1) is 0 Å². The summed E-state index contributed by atoms with van der Waals surface area (Å²) in [5.41, 5.74) is 6.42. The van der Waals surface area contributed by atoms with E-state index in [0.717, 1.165) is 54.9 Å². The fraction of sp³-hybridized carbons (Fsp3) is 0.600. The molecular weight excluding hydrogens is 439 g/mol. The van der Waals surface area contributed by atoms with E-state index in [1.165, 1.54) is 80.9 Å². The van der Waals surface area contributed by atoms with Crippen LogP contribution in [0.1, 0.15) is 131 Å². The van der Waals surface area contributed by atoms with Crippen LogP contribution in [0.4, 0.5) is 4.39 Å². The van der Waals surface area contributed by atoms with Gasteiger partial charge in [0.15, 0.2) is 0 Å². The van der Waals surface area contributed by atoms with Gasteiger partial charge in [0.05, 0.1) is 0 Å². The molecule has 36 heavy (non-hydrogen) atoms. The highest BCUT2D eigenvalue weighted by atomic mass is 19.1. The third-order valence-electron chi connectivity index (χ3n) is 10.1. The number of aryl methyl sites for hydroxylation is 1. The SMILES string of the molecule is CCCC1CCC(C2CCC(c3ccc(C4=CCC(c5ccc(CC)c(F)c5)CC4)cc3)CC2)CC1. The van der Waals surface area contributed by atoms with Crippen molar-refractivity contribution in [1.82, 2.24) is 0 Å². The highest BCUT2D eigenvalue weighted by molar-refractivity contribution is 5.67. The maximum absolute atomic E-state index is 14.3. The lowest BCUT2D eigenvalue weighted by Crippen LogP contribution is -2.25. The molecule has 3 aliphatic carbocycles. The van der Waals surface area contributed by atoms with Crippen LogP contribution in [0.3, 0.4) is 0 Å². The van der Waals surface area contributed by atoms with Crippen LogP contribution in [0.2, 0.25) is 0 Å². The Morgan fingerprint density at radius 2 is 1.39 bits per heavy atom.